The highest BCUT2D eigenvalue weighted by molar-refractivity contribution is 9.10. The van der Waals surface area contributed by atoms with Crippen LogP contribution in [0.1, 0.15) is 13.8 Å². The molecule has 0 aliphatic carbocycles. The van der Waals surface area contributed by atoms with Crippen molar-refractivity contribution in [2.45, 2.75) is 13.8 Å². The lowest BCUT2D eigenvalue weighted by Crippen LogP contribution is -2.24. The predicted molar refractivity (Wildman–Crippen MR) is 82.6 cm³/mol. The highest BCUT2D eigenvalue weighted by atomic mass is 79.9. The van der Waals surface area contributed by atoms with E-state index in [9.17, 15) is 8.42 Å². The van der Waals surface area contributed by atoms with Crippen LogP contribution >= 0.6 is 38.2 Å². The molecule has 0 aromatic heterocycles. The van der Waals surface area contributed by atoms with Gasteiger partial charge in [0.1, 0.15) is 5.75 Å². The second-order valence-corrected chi connectivity index (χ2v) is 8.74. The van der Waals surface area contributed by atoms with Gasteiger partial charge in [0.05, 0.1) is 17.4 Å². The molecule has 0 radical (unpaired) electrons. The minimum absolute atomic E-state index is 0.111. The zero-order valence-electron chi connectivity index (χ0n) is 10.6. The number of ether oxygens (including phenoxy) is 1. The van der Waals surface area contributed by atoms with Crippen molar-refractivity contribution < 1.29 is 13.2 Å². The predicted octanol–water partition coefficient (Wildman–Crippen LogP) is 4.32. The van der Waals surface area contributed by atoms with Crippen LogP contribution in [0.4, 0.5) is 0 Å². The van der Waals surface area contributed by atoms with Crippen LogP contribution in [0.2, 0.25) is 5.02 Å². The lowest BCUT2D eigenvalue weighted by atomic mass is 9.99. The van der Waals surface area contributed by atoms with Crippen molar-refractivity contribution in [3.05, 3.63) is 27.7 Å². The summed E-state index contributed by atoms with van der Waals surface area (Å²) in [6.45, 7) is 4.11. The first kappa shape index (κ1) is 17.1. The minimum Gasteiger partial charge on any atom is -0.492 e. The van der Waals surface area contributed by atoms with E-state index < -0.39 is 9.05 Å². The standard InChI is InChI=1S/C12H15BrCl2O3S/c1-8(2)9(7-19(15,16)17)6-18-12-4-3-10(13)5-11(12)14/h3-5,8-9H,6-7H2,1-2H3. The average molecular weight is 390 g/mol. The van der Waals surface area contributed by atoms with E-state index >= 15 is 0 Å². The van der Waals surface area contributed by atoms with E-state index in [1.807, 2.05) is 19.9 Å². The molecule has 0 fully saturated rings. The Morgan fingerprint density at radius 1 is 1.37 bits per heavy atom. The molecule has 0 spiro atoms. The average Bonchev–Trinajstić information content (AvgIpc) is 2.24. The lowest BCUT2D eigenvalue weighted by molar-refractivity contribution is 0.225. The normalized spacial score (nSPS) is 13.6. The second-order valence-electron chi connectivity index (χ2n) is 4.60. The largest absolute Gasteiger partial charge is 0.492 e. The molecule has 0 bridgehead atoms. The molecule has 1 aromatic rings. The molecule has 0 heterocycles. The van der Waals surface area contributed by atoms with Gasteiger partial charge in [-0.1, -0.05) is 41.4 Å². The van der Waals surface area contributed by atoms with Crippen LogP contribution in [0.5, 0.6) is 5.75 Å². The van der Waals surface area contributed by atoms with Gasteiger partial charge in [0.25, 0.3) is 0 Å². The summed E-state index contributed by atoms with van der Waals surface area (Å²) in [7, 11) is 1.75. The fourth-order valence-electron chi connectivity index (χ4n) is 1.48. The van der Waals surface area contributed by atoms with Crippen LogP contribution in [0.15, 0.2) is 22.7 Å². The molecular formula is C12H15BrCl2O3S. The Hall–Kier alpha value is 0.0300. The van der Waals surface area contributed by atoms with Gasteiger partial charge in [0.15, 0.2) is 0 Å². The summed E-state index contributed by atoms with van der Waals surface area (Å²) in [5.41, 5.74) is 0. The molecule has 3 nitrogen and oxygen atoms in total. The van der Waals surface area contributed by atoms with Crippen LogP contribution < -0.4 is 4.74 Å². The number of rotatable bonds is 6. The monoisotopic (exact) mass is 388 g/mol. The van der Waals surface area contributed by atoms with Gasteiger partial charge < -0.3 is 4.74 Å². The summed E-state index contributed by atoms with van der Waals surface area (Å²) in [5, 5.41) is 0.477. The first-order valence-electron chi connectivity index (χ1n) is 5.69. The van der Waals surface area contributed by atoms with Crippen molar-refractivity contribution >= 4 is 47.3 Å². The summed E-state index contributed by atoms with van der Waals surface area (Å²) < 4.78 is 28.7. The maximum absolute atomic E-state index is 11.1. The van der Waals surface area contributed by atoms with Crippen molar-refractivity contribution in [2.24, 2.45) is 11.8 Å². The summed E-state index contributed by atoms with van der Waals surface area (Å²) in [6.07, 6.45) is 0. The molecule has 1 atom stereocenters. The third kappa shape index (κ3) is 6.34. The highest BCUT2D eigenvalue weighted by Crippen LogP contribution is 2.28. The summed E-state index contributed by atoms with van der Waals surface area (Å²) in [4.78, 5) is 0. The fourth-order valence-corrected chi connectivity index (χ4v) is 3.68. The Bertz CT molecular complexity index is 532. The zero-order valence-corrected chi connectivity index (χ0v) is 14.5. The van der Waals surface area contributed by atoms with Gasteiger partial charge >= 0.3 is 0 Å². The summed E-state index contributed by atoms with van der Waals surface area (Å²) in [5.74, 6) is 0.382. The summed E-state index contributed by atoms with van der Waals surface area (Å²) in [6, 6.07) is 5.27. The molecule has 1 aromatic carbocycles. The van der Waals surface area contributed by atoms with Crippen molar-refractivity contribution in [3.8, 4) is 5.75 Å². The number of hydrogen-bond acceptors (Lipinski definition) is 3. The van der Waals surface area contributed by atoms with Crippen molar-refractivity contribution in [3.63, 3.8) is 0 Å². The number of halogens is 3. The van der Waals surface area contributed by atoms with Crippen LogP contribution in [-0.2, 0) is 9.05 Å². The SMILES string of the molecule is CC(C)C(COc1ccc(Br)cc1Cl)CS(=O)(=O)Cl. The van der Waals surface area contributed by atoms with E-state index in [0.717, 1.165) is 4.47 Å². The maximum Gasteiger partial charge on any atom is 0.233 e. The van der Waals surface area contributed by atoms with Gasteiger partial charge in [-0.25, -0.2) is 8.42 Å². The molecule has 0 aliphatic rings. The molecule has 7 heteroatoms. The van der Waals surface area contributed by atoms with E-state index in [1.165, 1.54) is 0 Å². The van der Waals surface area contributed by atoms with Crippen LogP contribution in [0.3, 0.4) is 0 Å². The molecule has 1 unspecified atom stereocenters. The molecule has 0 saturated heterocycles. The van der Waals surface area contributed by atoms with Gasteiger partial charge in [0.2, 0.25) is 9.05 Å². The highest BCUT2D eigenvalue weighted by Gasteiger charge is 2.21. The van der Waals surface area contributed by atoms with Gasteiger partial charge in [-0.15, -0.1) is 0 Å². The van der Waals surface area contributed by atoms with Crippen molar-refractivity contribution in [2.75, 3.05) is 12.4 Å². The van der Waals surface area contributed by atoms with Gasteiger partial charge in [-0.2, -0.15) is 0 Å². The smallest absolute Gasteiger partial charge is 0.233 e. The molecule has 0 aliphatic heterocycles. The zero-order chi connectivity index (χ0) is 14.6. The quantitative estimate of drug-likeness (QED) is 0.680. The molecule has 0 N–H and O–H groups in total. The Morgan fingerprint density at radius 2 is 2.00 bits per heavy atom. The molecule has 19 heavy (non-hydrogen) atoms. The summed E-state index contributed by atoms with van der Waals surface area (Å²) >= 11 is 9.33. The first-order chi connectivity index (χ1) is 8.69. The third-order valence-corrected chi connectivity index (χ3v) is 4.70. The Kier molecular flexibility index (Phi) is 6.43. The van der Waals surface area contributed by atoms with E-state index in [2.05, 4.69) is 15.9 Å². The molecule has 1 rings (SSSR count). The molecule has 0 amide bonds. The molecule has 108 valence electrons. The lowest BCUT2D eigenvalue weighted by Gasteiger charge is -2.20. The van der Waals surface area contributed by atoms with Crippen molar-refractivity contribution in [1.82, 2.24) is 0 Å². The van der Waals surface area contributed by atoms with Crippen LogP contribution in [-0.4, -0.2) is 20.8 Å². The van der Waals surface area contributed by atoms with Crippen LogP contribution in [0, 0.1) is 11.8 Å². The van der Waals surface area contributed by atoms with E-state index in [0.29, 0.717) is 10.8 Å². The second kappa shape index (κ2) is 7.16. The first-order valence-corrected chi connectivity index (χ1v) is 9.34. The fraction of sp³-hybridized carbons (Fsp3) is 0.500. The number of benzene rings is 1. The van der Waals surface area contributed by atoms with Gasteiger partial charge in [0, 0.05) is 21.1 Å². The third-order valence-electron chi connectivity index (χ3n) is 2.70. The molecule has 0 saturated carbocycles. The topological polar surface area (TPSA) is 43.4 Å². The Morgan fingerprint density at radius 3 is 2.47 bits per heavy atom. The Labute approximate surface area is 131 Å². The van der Waals surface area contributed by atoms with Crippen LogP contribution in [0.25, 0.3) is 0 Å². The van der Waals surface area contributed by atoms with Gasteiger partial charge in [-0.3, -0.25) is 0 Å². The maximum atomic E-state index is 11.1. The van der Waals surface area contributed by atoms with Gasteiger partial charge in [-0.05, 0) is 24.1 Å². The Balaban J connectivity index is 2.71. The number of hydrogen-bond donors (Lipinski definition) is 0. The van der Waals surface area contributed by atoms with Crippen molar-refractivity contribution in [1.29, 1.82) is 0 Å². The van der Waals surface area contributed by atoms with E-state index in [1.54, 1.807) is 12.1 Å². The molecular weight excluding hydrogens is 375 g/mol. The van der Waals surface area contributed by atoms with E-state index in [4.69, 9.17) is 27.0 Å². The van der Waals surface area contributed by atoms with E-state index in [-0.39, 0.29) is 24.2 Å². The minimum atomic E-state index is -3.54.